The quantitative estimate of drug-likeness (QED) is 0.538. The Bertz CT molecular complexity index is 1070. The number of ether oxygens (including phenoxy) is 1. The van der Waals surface area contributed by atoms with Gasteiger partial charge < -0.3 is 15.4 Å². The molecule has 1 aliphatic rings. The Balaban J connectivity index is 1.48. The van der Waals surface area contributed by atoms with E-state index in [2.05, 4.69) is 10.6 Å². The van der Waals surface area contributed by atoms with E-state index in [9.17, 15) is 28.4 Å². The molecule has 4 amide bonds. The number of hydrogen-bond donors (Lipinski definition) is 2. The molecule has 0 fully saturated rings. The Labute approximate surface area is 169 Å². The molecular formula is C20H16FN3O6. The molecule has 30 heavy (non-hydrogen) atoms. The van der Waals surface area contributed by atoms with Crippen LogP contribution in [0.1, 0.15) is 31.1 Å². The molecule has 9 nitrogen and oxygen atoms in total. The number of esters is 1. The van der Waals surface area contributed by atoms with Crippen molar-refractivity contribution < 1.29 is 33.1 Å². The minimum Gasteiger partial charge on any atom is -0.454 e. The van der Waals surface area contributed by atoms with Gasteiger partial charge in [0.25, 0.3) is 23.6 Å². The van der Waals surface area contributed by atoms with Crippen LogP contribution < -0.4 is 10.6 Å². The van der Waals surface area contributed by atoms with E-state index in [4.69, 9.17) is 4.74 Å². The third-order valence-corrected chi connectivity index (χ3v) is 4.25. The Morgan fingerprint density at radius 3 is 2.47 bits per heavy atom. The highest BCUT2D eigenvalue weighted by atomic mass is 19.1. The predicted molar refractivity (Wildman–Crippen MR) is 101 cm³/mol. The monoisotopic (exact) mass is 413 g/mol. The largest absolute Gasteiger partial charge is 0.454 e. The zero-order valence-electron chi connectivity index (χ0n) is 15.7. The summed E-state index contributed by atoms with van der Waals surface area (Å²) in [4.78, 5) is 60.2. The number of nitrogens with zero attached hydrogens (tertiary/aromatic N) is 1. The number of amides is 4. The number of imide groups is 1. The maximum absolute atomic E-state index is 13.5. The summed E-state index contributed by atoms with van der Waals surface area (Å²) in [5.74, 6) is -4.03. The van der Waals surface area contributed by atoms with Crippen molar-refractivity contribution in [1.82, 2.24) is 10.2 Å². The maximum Gasteiger partial charge on any atom is 0.325 e. The summed E-state index contributed by atoms with van der Waals surface area (Å²) in [5, 5.41) is 4.64. The Morgan fingerprint density at radius 1 is 1.03 bits per heavy atom. The van der Waals surface area contributed by atoms with E-state index in [-0.39, 0.29) is 22.4 Å². The van der Waals surface area contributed by atoms with Crippen molar-refractivity contribution in [3.8, 4) is 0 Å². The zero-order chi connectivity index (χ0) is 21.8. The van der Waals surface area contributed by atoms with Gasteiger partial charge >= 0.3 is 5.97 Å². The number of anilines is 1. The van der Waals surface area contributed by atoms with Gasteiger partial charge in [0.05, 0.1) is 16.7 Å². The van der Waals surface area contributed by atoms with Gasteiger partial charge in [-0.15, -0.1) is 0 Å². The van der Waals surface area contributed by atoms with E-state index in [0.29, 0.717) is 0 Å². The molecule has 0 bridgehead atoms. The molecule has 0 unspecified atom stereocenters. The first-order valence-electron chi connectivity index (χ1n) is 8.72. The van der Waals surface area contributed by atoms with Crippen molar-refractivity contribution in [2.45, 2.75) is 0 Å². The summed E-state index contributed by atoms with van der Waals surface area (Å²) in [6, 6.07) is 9.48. The van der Waals surface area contributed by atoms with Crippen LogP contribution in [0.25, 0.3) is 0 Å². The smallest absolute Gasteiger partial charge is 0.325 e. The van der Waals surface area contributed by atoms with E-state index in [0.717, 1.165) is 11.0 Å². The van der Waals surface area contributed by atoms with Crippen LogP contribution in [-0.4, -0.2) is 54.7 Å². The lowest BCUT2D eigenvalue weighted by atomic mass is 10.1. The summed E-state index contributed by atoms with van der Waals surface area (Å²) < 4.78 is 18.3. The molecule has 3 rings (SSSR count). The van der Waals surface area contributed by atoms with Gasteiger partial charge in [0, 0.05) is 12.7 Å². The number of halogens is 1. The average molecular weight is 413 g/mol. The normalized spacial score (nSPS) is 12.4. The molecule has 0 radical (unpaired) electrons. The number of rotatable bonds is 6. The lowest BCUT2D eigenvalue weighted by molar-refractivity contribution is -0.146. The van der Waals surface area contributed by atoms with Crippen LogP contribution >= 0.6 is 0 Å². The van der Waals surface area contributed by atoms with E-state index in [1.807, 2.05) is 0 Å². The minimum absolute atomic E-state index is 0.160. The molecule has 1 heterocycles. The van der Waals surface area contributed by atoms with Crippen molar-refractivity contribution in [1.29, 1.82) is 0 Å². The second-order valence-corrected chi connectivity index (χ2v) is 6.30. The van der Waals surface area contributed by atoms with Crippen LogP contribution in [0.4, 0.5) is 10.1 Å². The van der Waals surface area contributed by atoms with Crippen LogP contribution in [0.3, 0.4) is 0 Å². The van der Waals surface area contributed by atoms with Gasteiger partial charge in [-0.2, -0.15) is 0 Å². The number of carbonyl (C=O) groups is 5. The molecule has 0 saturated heterocycles. The summed E-state index contributed by atoms with van der Waals surface area (Å²) >= 11 is 0. The Morgan fingerprint density at radius 2 is 1.73 bits per heavy atom. The zero-order valence-corrected chi connectivity index (χ0v) is 15.7. The van der Waals surface area contributed by atoms with Crippen molar-refractivity contribution in [3.63, 3.8) is 0 Å². The lowest BCUT2D eigenvalue weighted by Gasteiger charge is -2.08. The standard InChI is InChI=1S/C20H16FN3O6/c1-24-19(28)12-7-6-11(8-14(12)20(24)29)23-16(25)10-30-17(26)9-22-18(27)13-4-2-3-5-15(13)21/h2-8H,9-10H2,1H3,(H,22,27)(H,23,25). The average Bonchev–Trinajstić information content (AvgIpc) is 2.94. The van der Waals surface area contributed by atoms with Crippen molar-refractivity contribution >= 4 is 35.3 Å². The number of hydrogen-bond acceptors (Lipinski definition) is 6. The predicted octanol–water partition coefficient (Wildman–Crippen LogP) is 0.963. The molecule has 154 valence electrons. The van der Waals surface area contributed by atoms with Gasteiger partial charge in [-0.3, -0.25) is 28.9 Å². The molecular weight excluding hydrogens is 397 g/mol. The third kappa shape index (κ3) is 4.32. The van der Waals surface area contributed by atoms with E-state index in [1.165, 1.54) is 43.4 Å². The van der Waals surface area contributed by atoms with Crippen molar-refractivity contribution in [3.05, 3.63) is 65.0 Å². The van der Waals surface area contributed by atoms with Gasteiger partial charge in [0.1, 0.15) is 12.4 Å². The number of nitrogens with one attached hydrogen (secondary N) is 2. The molecule has 0 aromatic heterocycles. The molecule has 0 saturated carbocycles. The van der Waals surface area contributed by atoms with E-state index in [1.54, 1.807) is 0 Å². The second kappa shape index (κ2) is 8.52. The van der Waals surface area contributed by atoms with Crippen LogP contribution in [0.5, 0.6) is 0 Å². The molecule has 1 aliphatic heterocycles. The van der Waals surface area contributed by atoms with Crippen LogP contribution in [0.2, 0.25) is 0 Å². The highest BCUT2D eigenvalue weighted by Crippen LogP contribution is 2.24. The van der Waals surface area contributed by atoms with Gasteiger partial charge in [-0.05, 0) is 30.3 Å². The fourth-order valence-electron chi connectivity index (χ4n) is 2.73. The summed E-state index contributed by atoms with van der Waals surface area (Å²) in [6.45, 7) is -1.19. The van der Waals surface area contributed by atoms with Gasteiger partial charge in [-0.25, -0.2) is 4.39 Å². The van der Waals surface area contributed by atoms with Crippen molar-refractivity contribution in [2.75, 3.05) is 25.5 Å². The highest BCUT2D eigenvalue weighted by Gasteiger charge is 2.32. The topological polar surface area (TPSA) is 122 Å². The van der Waals surface area contributed by atoms with E-state index < -0.39 is 48.6 Å². The Hall–Kier alpha value is -4.08. The molecule has 2 N–H and O–H groups in total. The number of benzene rings is 2. The molecule has 0 atom stereocenters. The molecule has 10 heteroatoms. The van der Waals surface area contributed by atoms with Gasteiger partial charge in [0.15, 0.2) is 6.61 Å². The fraction of sp³-hybridized carbons (Fsp3) is 0.150. The van der Waals surface area contributed by atoms with Crippen molar-refractivity contribution in [2.24, 2.45) is 0 Å². The van der Waals surface area contributed by atoms with Gasteiger partial charge in [0.2, 0.25) is 0 Å². The third-order valence-electron chi connectivity index (χ3n) is 4.25. The van der Waals surface area contributed by atoms with Gasteiger partial charge in [-0.1, -0.05) is 12.1 Å². The van der Waals surface area contributed by atoms with Crippen LogP contribution in [0.15, 0.2) is 42.5 Å². The fourth-order valence-corrected chi connectivity index (χ4v) is 2.73. The van der Waals surface area contributed by atoms with Crippen LogP contribution in [-0.2, 0) is 14.3 Å². The SMILES string of the molecule is CN1C(=O)c2ccc(NC(=O)COC(=O)CNC(=O)c3ccccc3F)cc2C1=O. The summed E-state index contributed by atoms with van der Waals surface area (Å²) in [6.07, 6.45) is 0. The highest BCUT2D eigenvalue weighted by molar-refractivity contribution is 6.21. The Kier molecular flexibility index (Phi) is 5.86. The lowest BCUT2D eigenvalue weighted by Crippen LogP contribution is -2.32. The number of carbonyl (C=O) groups excluding carboxylic acids is 5. The minimum atomic E-state index is -0.897. The molecule has 0 spiro atoms. The molecule has 2 aromatic carbocycles. The first kappa shape index (κ1) is 20.6. The molecule has 0 aliphatic carbocycles. The first-order chi connectivity index (χ1) is 14.3. The van der Waals surface area contributed by atoms with E-state index >= 15 is 0 Å². The maximum atomic E-state index is 13.5. The first-order valence-corrected chi connectivity index (χ1v) is 8.72. The molecule has 2 aromatic rings. The number of fused-ring (bicyclic) bond motifs is 1. The summed E-state index contributed by atoms with van der Waals surface area (Å²) in [7, 11) is 1.35. The second-order valence-electron chi connectivity index (χ2n) is 6.30. The summed E-state index contributed by atoms with van der Waals surface area (Å²) in [5.41, 5.74) is 0.420. The van der Waals surface area contributed by atoms with Crippen LogP contribution in [0, 0.1) is 5.82 Å².